The van der Waals surface area contributed by atoms with E-state index in [9.17, 15) is 14.7 Å². The maximum absolute atomic E-state index is 12.3. The van der Waals surface area contributed by atoms with Gasteiger partial charge < -0.3 is 20.5 Å². The van der Waals surface area contributed by atoms with Gasteiger partial charge in [0.2, 0.25) is 5.91 Å². The number of carbonyl (C=O) groups is 2. The van der Waals surface area contributed by atoms with Crippen LogP contribution in [0.2, 0.25) is 0 Å². The van der Waals surface area contributed by atoms with Gasteiger partial charge in [-0.3, -0.25) is 9.59 Å². The highest BCUT2D eigenvalue weighted by Crippen LogP contribution is 2.30. The number of hydrogen-bond acceptors (Lipinski definition) is 4. The van der Waals surface area contributed by atoms with Gasteiger partial charge in [0.1, 0.15) is 0 Å². The van der Waals surface area contributed by atoms with Crippen molar-refractivity contribution in [2.75, 3.05) is 13.7 Å². The molecule has 0 spiro atoms. The number of rotatable bonds is 5. The Kier molecular flexibility index (Phi) is 4.74. The van der Waals surface area contributed by atoms with Crippen molar-refractivity contribution in [3.63, 3.8) is 0 Å². The Morgan fingerprint density at radius 2 is 2.05 bits per heavy atom. The summed E-state index contributed by atoms with van der Waals surface area (Å²) in [7, 11) is 1.40. The van der Waals surface area contributed by atoms with Gasteiger partial charge in [0.15, 0.2) is 11.5 Å². The second-order valence-electron chi connectivity index (χ2n) is 4.35. The van der Waals surface area contributed by atoms with Crippen LogP contribution in [0.4, 0.5) is 0 Å². The highest BCUT2D eigenvalue weighted by molar-refractivity contribution is 5.99. The second kappa shape index (κ2) is 6.08. The zero-order valence-electron chi connectivity index (χ0n) is 11.2. The van der Waals surface area contributed by atoms with Gasteiger partial charge in [0.25, 0.3) is 5.91 Å². The van der Waals surface area contributed by atoms with E-state index in [2.05, 4.69) is 0 Å². The molecule has 0 aliphatic heterocycles. The van der Waals surface area contributed by atoms with Gasteiger partial charge in [-0.15, -0.1) is 0 Å². The molecule has 2 amide bonds. The molecule has 0 unspecified atom stereocenters. The molecule has 6 heteroatoms. The molecule has 3 N–H and O–H groups in total. The summed E-state index contributed by atoms with van der Waals surface area (Å²) in [6.07, 6.45) is 0. The van der Waals surface area contributed by atoms with Crippen LogP contribution >= 0.6 is 0 Å². The predicted octanol–water partition coefficient (Wildman–Crippen LogP) is 0.737. The quantitative estimate of drug-likeness (QED) is 0.822. The zero-order chi connectivity index (χ0) is 14.6. The molecule has 19 heavy (non-hydrogen) atoms. The molecular formula is C13H18N2O4. The number of phenolic OH excluding ortho intramolecular Hbond substituents is 1. The monoisotopic (exact) mass is 266 g/mol. The fourth-order valence-corrected chi connectivity index (χ4v) is 1.67. The molecule has 6 nitrogen and oxygen atoms in total. The number of amides is 2. The lowest BCUT2D eigenvalue weighted by Gasteiger charge is -2.25. The average Bonchev–Trinajstić information content (AvgIpc) is 2.35. The minimum atomic E-state index is -0.607. The molecule has 0 radical (unpaired) electrons. The van der Waals surface area contributed by atoms with E-state index in [0.29, 0.717) is 0 Å². The van der Waals surface area contributed by atoms with Crippen LogP contribution < -0.4 is 10.5 Å². The molecule has 104 valence electrons. The Labute approximate surface area is 111 Å². The van der Waals surface area contributed by atoms with Gasteiger partial charge in [-0.25, -0.2) is 0 Å². The van der Waals surface area contributed by atoms with E-state index < -0.39 is 11.8 Å². The van der Waals surface area contributed by atoms with E-state index in [-0.39, 0.29) is 29.6 Å². The number of primary amides is 1. The fourth-order valence-electron chi connectivity index (χ4n) is 1.67. The van der Waals surface area contributed by atoms with Crippen molar-refractivity contribution in [1.29, 1.82) is 0 Å². The first kappa shape index (κ1) is 14.8. The van der Waals surface area contributed by atoms with Gasteiger partial charge in [-0.2, -0.15) is 0 Å². The normalized spacial score (nSPS) is 10.3. The molecule has 0 heterocycles. The third-order valence-corrected chi connectivity index (χ3v) is 2.66. The molecule has 0 aliphatic carbocycles. The molecule has 0 saturated heterocycles. The average molecular weight is 266 g/mol. The molecule has 0 aromatic heterocycles. The smallest absolute Gasteiger partial charge is 0.258 e. The third-order valence-electron chi connectivity index (χ3n) is 2.66. The number of nitrogens with zero attached hydrogens (tertiary/aromatic N) is 1. The molecule has 0 aliphatic rings. The van der Waals surface area contributed by atoms with Crippen molar-refractivity contribution < 1.29 is 19.4 Å². The number of aromatic hydroxyl groups is 1. The molecular weight excluding hydrogens is 248 g/mol. The highest BCUT2D eigenvalue weighted by atomic mass is 16.5. The first-order valence-corrected chi connectivity index (χ1v) is 5.83. The van der Waals surface area contributed by atoms with Crippen molar-refractivity contribution in [3.8, 4) is 11.5 Å². The van der Waals surface area contributed by atoms with Crippen LogP contribution in [0, 0.1) is 0 Å². The van der Waals surface area contributed by atoms with Crippen LogP contribution in [0.5, 0.6) is 11.5 Å². The van der Waals surface area contributed by atoms with Gasteiger partial charge in [-0.1, -0.05) is 6.07 Å². The minimum Gasteiger partial charge on any atom is -0.504 e. The number of ether oxygens (including phenoxy) is 1. The Balaban J connectivity index is 3.13. The van der Waals surface area contributed by atoms with Crippen LogP contribution in [0.3, 0.4) is 0 Å². The number of carbonyl (C=O) groups excluding carboxylic acids is 2. The van der Waals surface area contributed by atoms with E-state index in [1.165, 1.54) is 18.1 Å². The summed E-state index contributed by atoms with van der Waals surface area (Å²) < 4.78 is 4.94. The van der Waals surface area contributed by atoms with Gasteiger partial charge in [-0.05, 0) is 26.0 Å². The third kappa shape index (κ3) is 3.37. The lowest BCUT2D eigenvalue weighted by molar-refractivity contribution is -0.119. The maximum Gasteiger partial charge on any atom is 0.258 e. The van der Waals surface area contributed by atoms with Crippen molar-refractivity contribution in [3.05, 3.63) is 23.8 Å². The molecule has 1 aromatic rings. The van der Waals surface area contributed by atoms with Gasteiger partial charge >= 0.3 is 0 Å². The Morgan fingerprint density at radius 3 is 2.53 bits per heavy atom. The summed E-state index contributed by atoms with van der Waals surface area (Å²) in [6, 6.07) is 4.39. The number of hydrogen-bond donors (Lipinski definition) is 2. The van der Waals surface area contributed by atoms with Crippen LogP contribution in [0.1, 0.15) is 24.2 Å². The van der Waals surface area contributed by atoms with E-state index in [1.807, 2.05) is 0 Å². The molecule has 0 bridgehead atoms. The first-order chi connectivity index (χ1) is 8.88. The summed E-state index contributed by atoms with van der Waals surface area (Å²) in [5, 5.41) is 9.94. The molecule has 1 rings (SSSR count). The summed E-state index contributed by atoms with van der Waals surface area (Å²) in [5.41, 5.74) is 5.20. The van der Waals surface area contributed by atoms with E-state index in [0.717, 1.165) is 0 Å². The van der Waals surface area contributed by atoms with Crippen molar-refractivity contribution in [1.82, 2.24) is 4.90 Å². The number of benzene rings is 1. The lowest BCUT2D eigenvalue weighted by atomic mass is 10.1. The minimum absolute atomic E-state index is 0.0781. The number of phenols is 1. The van der Waals surface area contributed by atoms with Crippen molar-refractivity contribution >= 4 is 11.8 Å². The molecule has 0 atom stereocenters. The van der Waals surface area contributed by atoms with Crippen LogP contribution in [0.15, 0.2) is 18.2 Å². The van der Waals surface area contributed by atoms with Crippen LogP contribution in [0.25, 0.3) is 0 Å². The van der Waals surface area contributed by atoms with Crippen LogP contribution in [-0.2, 0) is 4.79 Å². The summed E-state index contributed by atoms with van der Waals surface area (Å²) in [4.78, 5) is 24.6. The molecule has 1 aromatic carbocycles. The van der Waals surface area contributed by atoms with E-state index >= 15 is 0 Å². The standard InChI is InChI=1S/C13H18N2O4/c1-8(2)15(7-11(14)16)13(18)9-5-4-6-10(19-3)12(9)17/h4-6,8,17H,7H2,1-3H3,(H2,14,16). The SMILES string of the molecule is COc1cccc(C(=O)N(CC(N)=O)C(C)C)c1O. The Bertz CT molecular complexity index is 486. The summed E-state index contributed by atoms with van der Waals surface area (Å²) >= 11 is 0. The van der Waals surface area contributed by atoms with E-state index in [1.54, 1.807) is 26.0 Å². The maximum atomic E-state index is 12.3. The number of para-hydroxylation sites is 1. The highest BCUT2D eigenvalue weighted by Gasteiger charge is 2.24. The van der Waals surface area contributed by atoms with Gasteiger partial charge in [0.05, 0.1) is 19.2 Å². The largest absolute Gasteiger partial charge is 0.504 e. The predicted molar refractivity (Wildman–Crippen MR) is 70.0 cm³/mol. The van der Waals surface area contributed by atoms with Crippen molar-refractivity contribution in [2.24, 2.45) is 5.73 Å². The number of nitrogens with two attached hydrogens (primary N) is 1. The Hall–Kier alpha value is -2.24. The Morgan fingerprint density at radius 1 is 1.42 bits per heavy atom. The second-order valence-corrected chi connectivity index (χ2v) is 4.35. The van der Waals surface area contributed by atoms with Crippen molar-refractivity contribution in [2.45, 2.75) is 19.9 Å². The first-order valence-electron chi connectivity index (χ1n) is 5.83. The lowest BCUT2D eigenvalue weighted by Crippen LogP contribution is -2.42. The van der Waals surface area contributed by atoms with E-state index in [4.69, 9.17) is 10.5 Å². The molecule has 0 fully saturated rings. The molecule has 0 saturated carbocycles. The number of methoxy groups -OCH3 is 1. The topological polar surface area (TPSA) is 92.9 Å². The fraction of sp³-hybridized carbons (Fsp3) is 0.385. The van der Waals surface area contributed by atoms with Gasteiger partial charge in [0, 0.05) is 6.04 Å². The summed E-state index contributed by atoms with van der Waals surface area (Å²) in [5.74, 6) is -1.12. The zero-order valence-corrected chi connectivity index (χ0v) is 11.2. The summed E-state index contributed by atoms with van der Waals surface area (Å²) in [6.45, 7) is 3.32. The van der Waals surface area contributed by atoms with Crippen LogP contribution in [-0.4, -0.2) is 41.5 Å².